The molecule has 0 aromatic heterocycles. The molecule has 0 atom stereocenters. The Morgan fingerprint density at radius 1 is 1.21 bits per heavy atom. The quantitative estimate of drug-likeness (QED) is 0.331. The van der Waals surface area contributed by atoms with E-state index in [9.17, 15) is 4.79 Å². The summed E-state index contributed by atoms with van der Waals surface area (Å²) in [4.78, 5) is 14.3. The summed E-state index contributed by atoms with van der Waals surface area (Å²) >= 11 is 0. The van der Waals surface area contributed by atoms with Gasteiger partial charge in [0.25, 0.3) is 0 Å². The summed E-state index contributed by atoms with van der Waals surface area (Å²) in [7, 11) is 0. The molecule has 0 bridgehead atoms. The Labute approximate surface area is 77.7 Å². The number of azide groups is 1. The lowest BCUT2D eigenvalue weighted by Gasteiger charge is -1.91. The summed E-state index contributed by atoms with van der Waals surface area (Å²) in [6.45, 7) is -0.250. The molecule has 14 heavy (non-hydrogen) atoms. The average Bonchev–Trinajstić information content (AvgIpc) is 2.18. The van der Waals surface area contributed by atoms with E-state index in [0.717, 1.165) is 0 Å². The highest BCUT2D eigenvalue weighted by Crippen LogP contribution is 1.93. The first kappa shape index (κ1) is 14.5. The van der Waals surface area contributed by atoms with Gasteiger partial charge in [0.15, 0.2) is 0 Å². The van der Waals surface area contributed by atoms with E-state index in [0.29, 0.717) is 0 Å². The molecule has 0 aliphatic rings. The molecule has 0 aromatic rings. The maximum absolute atomic E-state index is 9.95. The van der Waals surface area contributed by atoms with Crippen LogP contribution in [0.5, 0.6) is 0 Å². The van der Waals surface area contributed by atoms with Crippen LogP contribution in [0.4, 0.5) is 0 Å². The molecule has 78 valence electrons. The number of hydrogen-bond acceptors (Lipinski definition) is 5. The van der Waals surface area contributed by atoms with Crippen molar-refractivity contribution in [2.24, 2.45) is 10.2 Å². The van der Waals surface area contributed by atoms with Crippen molar-refractivity contribution in [1.29, 1.82) is 0 Å². The molecule has 0 fully saturated rings. The highest BCUT2D eigenvalue weighted by atomic mass is 16.4. The topological polar surface area (TPSA) is 175 Å². The second-order valence-electron chi connectivity index (χ2n) is 1.57. The van der Waals surface area contributed by atoms with Crippen molar-refractivity contribution < 1.29 is 20.1 Å². The van der Waals surface area contributed by atoms with Gasteiger partial charge >= 0.3 is 5.97 Å². The number of rotatable bonds is 4. The molecular formula is C4H8N6O4. The third kappa shape index (κ3) is 10.0. The average molecular weight is 204 g/mol. The highest BCUT2D eigenvalue weighted by Gasteiger charge is 2.11. The monoisotopic (exact) mass is 204 g/mol. The third-order valence-electron chi connectivity index (χ3n) is 0.643. The summed E-state index contributed by atoms with van der Waals surface area (Å²) in [5.41, 5.74) is 15.4. The maximum atomic E-state index is 9.95. The van der Waals surface area contributed by atoms with Crippen LogP contribution in [0.1, 0.15) is 0 Å². The van der Waals surface area contributed by atoms with Crippen molar-refractivity contribution in [3.05, 3.63) is 20.9 Å². The third-order valence-corrected chi connectivity index (χ3v) is 0.643. The molecule has 0 aliphatic heterocycles. The summed E-state index contributed by atoms with van der Waals surface area (Å²) in [6.07, 6.45) is -1.69. The minimum atomic E-state index is -1.69. The van der Waals surface area contributed by atoms with Gasteiger partial charge in [0.1, 0.15) is 0 Å². The van der Waals surface area contributed by atoms with Gasteiger partial charge in [-0.05, 0) is 11.1 Å². The second-order valence-corrected chi connectivity index (χ2v) is 1.57. The van der Waals surface area contributed by atoms with E-state index in [4.69, 9.17) is 26.4 Å². The van der Waals surface area contributed by atoms with Gasteiger partial charge in [0.05, 0.1) is 13.2 Å². The number of carbonyl (C=O) groups is 1. The van der Waals surface area contributed by atoms with Gasteiger partial charge in [-0.2, -0.15) is 0 Å². The fraction of sp³-hybridized carbons (Fsp3) is 0.750. The summed E-state index contributed by atoms with van der Waals surface area (Å²) in [6, 6.07) is 0. The number of carboxylic acid groups (broad SMARTS) is 1. The molecule has 0 spiro atoms. The van der Waals surface area contributed by atoms with Crippen LogP contribution in [0, 0.1) is 0 Å². The summed E-state index contributed by atoms with van der Waals surface area (Å²) < 4.78 is 0. The predicted molar refractivity (Wildman–Crippen MR) is 43.9 cm³/mol. The van der Waals surface area contributed by atoms with Gasteiger partial charge in [-0.15, -0.1) is 0 Å². The molecule has 0 amide bonds. The van der Waals surface area contributed by atoms with Crippen molar-refractivity contribution in [3.63, 3.8) is 0 Å². The van der Waals surface area contributed by atoms with Gasteiger partial charge < -0.3 is 15.3 Å². The Kier molecular flexibility index (Phi) is 11.4. The Bertz CT molecular complexity index is 232. The largest absolute Gasteiger partial charge is 0.481 e. The van der Waals surface area contributed by atoms with E-state index in [1.165, 1.54) is 0 Å². The van der Waals surface area contributed by atoms with Crippen LogP contribution in [-0.2, 0) is 4.79 Å². The molecular weight excluding hydrogens is 196 g/mol. The lowest BCUT2D eigenvalue weighted by Crippen LogP contribution is -2.12. The van der Waals surface area contributed by atoms with Crippen LogP contribution in [-0.4, -0.2) is 40.7 Å². The van der Waals surface area contributed by atoms with Crippen LogP contribution < -0.4 is 0 Å². The molecule has 0 aliphatic carbocycles. The fourth-order valence-corrected chi connectivity index (χ4v) is 0.220. The first-order valence-electron chi connectivity index (χ1n) is 3.17. The van der Waals surface area contributed by atoms with Crippen molar-refractivity contribution in [1.82, 2.24) is 0 Å². The van der Waals surface area contributed by atoms with Crippen molar-refractivity contribution in [2.45, 2.75) is 6.17 Å². The fourth-order valence-electron chi connectivity index (χ4n) is 0.220. The first-order valence-corrected chi connectivity index (χ1v) is 3.17. The first-order chi connectivity index (χ1) is 6.63. The zero-order valence-electron chi connectivity index (χ0n) is 6.92. The number of aliphatic hydroxyl groups excluding tert-OH is 2. The molecule has 0 heterocycles. The Morgan fingerprint density at radius 2 is 1.57 bits per heavy atom. The number of hydrogen-bond donors (Lipinski definition) is 3. The molecule has 0 saturated heterocycles. The van der Waals surface area contributed by atoms with Crippen molar-refractivity contribution >= 4 is 5.97 Å². The molecule has 0 unspecified atom stereocenters. The zero-order valence-corrected chi connectivity index (χ0v) is 6.92. The number of nitrogens with zero attached hydrogens (tertiary/aromatic N) is 6. The lowest BCUT2D eigenvalue weighted by atomic mass is 10.6. The SMILES string of the molecule is OCCO.[N-]=[N+]=NC(N=[N+]=[N-])C(=O)O. The van der Waals surface area contributed by atoms with Gasteiger partial charge in [-0.25, -0.2) is 0 Å². The molecule has 0 radical (unpaired) electrons. The van der Waals surface area contributed by atoms with E-state index in [2.05, 4.69) is 20.1 Å². The summed E-state index contributed by atoms with van der Waals surface area (Å²) in [5, 5.41) is 28.7. The minimum absolute atomic E-state index is 0.125. The van der Waals surface area contributed by atoms with Crippen LogP contribution >= 0.6 is 0 Å². The van der Waals surface area contributed by atoms with Gasteiger partial charge in [-0.3, -0.25) is 4.79 Å². The smallest absolute Gasteiger partial charge is 0.318 e. The van der Waals surface area contributed by atoms with Gasteiger partial charge in [0, 0.05) is 9.82 Å². The number of aliphatic carboxylic acids is 1. The molecule has 0 aromatic carbocycles. The van der Waals surface area contributed by atoms with E-state index in [1.54, 1.807) is 0 Å². The molecule has 0 rings (SSSR count). The van der Waals surface area contributed by atoms with Gasteiger partial charge in [0.2, 0.25) is 6.17 Å². The molecule has 10 heteroatoms. The van der Waals surface area contributed by atoms with Crippen LogP contribution in [0.25, 0.3) is 20.9 Å². The minimum Gasteiger partial charge on any atom is -0.481 e. The second kappa shape index (κ2) is 11.0. The van der Waals surface area contributed by atoms with Crippen LogP contribution in [0.2, 0.25) is 0 Å². The highest BCUT2D eigenvalue weighted by molar-refractivity contribution is 5.73. The Morgan fingerprint density at radius 3 is 1.71 bits per heavy atom. The van der Waals surface area contributed by atoms with Crippen molar-refractivity contribution in [3.8, 4) is 0 Å². The molecule has 0 saturated carbocycles. The van der Waals surface area contributed by atoms with Crippen LogP contribution in [0.15, 0.2) is 10.2 Å². The predicted octanol–water partition coefficient (Wildman–Crippen LogP) is -0.0113. The zero-order chi connectivity index (χ0) is 11.4. The van der Waals surface area contributed by atoms with Crippen LogP contribution in [0.3, 0.4) is 0 Å². The normalized spacial score (nSPS) is 9.57. The van der Waals surface area contributed by atoms with E-state index >= 15 is 0 Å². The molecule has 3 N–H and O–H groups in total. The Hall–Kier alpha value is -1.99. The number of aliphatic hydroxyl groups is 2. The van der Waals surface area contributed by atoms with E-state index in [-0.39, 0.29) is 13.2 Å². The summed E-state index contributed by atoms with van der Waals surface area (Å²) in [5.74, 6) is -1.48. The molecule has 10 nitrogen and oxygen atoms in total. The van der Waals surface area contributed by atoms with E-state index in [1.807, 2.05) is 0 Å². The van der Waals surface area contributed by atoms with E-state index < -0.39 is 12.1 Å². The standard InChI is InChI=1S/C2H2N6O2.C2H6O2/c3-7-5-1(2(9)10)6-8-4;3-1-2-4/h1H,(H,9,10);3-4H,1-2H2. The lowest BCUT2D eigenvalue weighted by molar-refractivity contribution is -0.138. The van der Waals surface area contributed by atoms with Gasteiger partial charge in [-0.1, -0.05) is 10.2 Å². The number of carboxylic acids is 1. The van der Waals surface area contributed by atoms with Crippen molar-refractivity contribution in [2.75, 3.05) is 13.2 Å². The maximum Gasteiger partial charge on any atom is 0.318 e. The Balaban J connectivity index is 0.